The molecule has 0 aromatic heterocycles. The van der Waals surface area contributed by atoms with Gasteiger partial charge in [0.05, 0.1) is 33.1 Å². The first kappa shape index (κ1) is 25.9. The Labute approximate surface area is 206 Å². The van der Waals surface area contributed by atoms with E-state index in [1.807, 2.05) is 13.0 Å². The molecular formula is C26H30N2O6S. The van der Waals surface area contributed by atoms with Crippen LogP contribution in [-0.4, -0.2) is 42.2 Å². The number of sulfonamides is 1. The Morgan fingerprint density at radius 2 is 1.51 bits per heavy atom. The number of methoxy groups -OCH3 is 3. The number of hydrogen-bond donors (Lipinski definition) is 1. The van der Waals surface area contributed by atoms with Gasteiger partial charge in [-0.2, -0.15) is 0 Å². The van der Waals surface area contributed by atoms with Crippen LogP contribution in [0, 0.1) is 6.92 Å². The highest BCUT2D eigenvalue weighted by atomic mass is 32.2. The number of aryl methyl sites for hydroxylation is 1. The number of carbonyl (C=O) groups excluding carboxylic acids is 1. The van der Waals surface area contributed by atoms with Crippen molar-refractivity contribution in [3.05, 3.63) is 77.9 Å². The number of ether oxygens (including phenoxy) is 3. The van der Waals surface area contributed by atoms with Gasteiger partial charge < -0.3 is 19.5 Å². The summed E-state index contributed by atoms with van der Waals surface area (Å²) in [5, 5.41) is 2.88. The lowest BCUT2D eigenvalue weighted by Crippen LogP contribution is -2.41. The number of nitrogens with zero attached hydrogens (tertiary/aromatic N) is 1. The quantitative estimate of drug-likeness (QED) is 0.452. The Hall–Kier alpha value is -3.72. The highest BCUT2D eigenvalue weighted by Gasteiger charge is 2.30. The summed E-state index contributed by atoms with van der Waals surface area (Å²) in [5.74, 6) is 0.844. The molecule has 0 fully saturated rings. The standard InChI is InChI=1S/C26H30N2O6S/c1-18-11-13-23(33-4)25(15-18)35(30,31)28(21-9-7-6-8-10-21)17-26(29)27-19(2)20-12-14-22(32-3)24(16-20)34-5/h6-16,19H,17H2,1-5H3,(H,27,29). The van der Waals surface area contributed by atoms with Crippen LogP contribution in [0.1, 0.15) is 24.1 Å². The summed E-state index contributed by atoms with van der Waals surface area (Å²) in [6.45, 7) is 3.19. The number of nitrogens with one attached hydrogen (secondary N) is 1. The third-order valence-corrected chi connectivity index (χ3v) is 7.30. The van der Waals surface area contributed by atoms with Crippen molar-refractivity contribution in [2.24, 2.45) is 0 Å². The van der Waals surface area contributed by atoms with Gasteiger partial charge in [0, 0.05) is 0 Å². The highest BCUT2D eigenvalue weighted by molar-refractivity contribution is 7.93. The van der Waals surface area contributed by atoms with Crippen LogP contribution in [0.15, 0.2) is 71.6 Å². The number of rotatable bonds is 10. The number of anilines is 1. The molecule has 0 spiro atoms. The van der Waals surface area contributed by atoms with E-state index in [-0.39, 0.29) is 10.6 Å². The number of hydrogen-bond acceptors (Lipinski definition) is 6. The van der Waals surface area contributed by atoms with Crippen molar-refractivity contribution in [2.75, 3.05) is 32.2 Å². The third kappa shape index (κ3) is 5.86. The van der Waals surface area contributed by atoms with Crippen LogP contribution in [0.25, 0.3) is 0 Å². The van der Waals surface area contributed by atoms with Crippen molar-refractivity contribution < 1.29 is 27.4 Å². The van der Waals surface area contributed by atoms with Crippen LogP contribution in [0.2, 0.25) is 0 Å². The zero-order chi connectivity index (χ0) is 25.6. The van der Waals surface area contributed by atoms with Crippen molar-refractivity contribution in [1.82, 2.24) is 5.32 Å². The minimum absolute atomic E-state index is 0.00964. The van der Waals surface area contributed by atoms with Gasteiger partial charge in [0.25, 0.3) is 10.0 Å². The average Bonchev–Trinajstić information content (AvgIpc) is 2.87. The van der Waals surface area contributed by atoms with Gasteiger partial charge in [-0.25, -0.2) is 8.42 Å². The molecule has 1 unspecified atom stereocenters. The van der Waals surface area contributed by atoms with Crippen molar-refractivity contribution in [3.8, 4) is 17.2 Å². The van der Waals surface area contributed by atoms with E-state index in [1.165, 1.54) is 20.3 Å². The molecule has 0 aliphatic carbocycles. The van der Waals surface area contributed by atoms with Gasteiger partial charge in [0.2, 0.25) is 5.91 Å². The maximum Gasteiger partial charge on any atom is 0.268 e. The maximum absolute atomic E-state index is 13.7. The van der Waals surface area contributed by atoms with Gasteiger partial charge >= 0.3 is 0 Å². The van der Waals surface area contributed by atoms with Crippen LogP contribution >= 0.6 is 0 Å². The van der Waals surface area contributed by atoms with Crippen molar-refractivity contribution in [1.29, 1.82) is 0 Å². The molecule has 1 amide bonds. The van der Waals surface area contributed by atoms with Crippen LogP contribution in [0.5, 0.6) is 17.2 Å². The number of para-hydroxylation sites is 1. The second-order valence-electron chi connectivity index (χ2n) is 7.91. The van der Waals surface area contributed by atoms with Crippen molar-refractivity contribution in [2.45, 2.75) is 24.8 Å². The first-order valence-corrected chi connectivity index (χ1v) is 12.4. The lowest BCUT2D eigenvalue weighted by Gasteiger charge is -2.26. The molecule has 0 heterocycles. The van der Waals surface area contributed by atoms with E-state index in [2.05, 4.69) is 5.32 Å². The summed E-state index contributed by atoms with van der Waals surface area (Å²) in [6.07, 6.45) is 0. The minimum atomic E-state index is -4.12. The molecule has 0 saturated carbocycles. The highest BCUT2D eigenvalue weighted by Crippen LogP contribution is 2.32. The lowest BCUT2D eigenvalue weighted by molar-refractivity contribution is -0.120. The van der Waals surface area contributed by atoms with Crippen LogP contribution in [0.3, 0.4) is 0 Å². The second kappa shape index (κ2) is 11.1. The van der Waals surface area contributed by atoms with E-state index in [0.29, 0.717) is 17.2 Å². The van der Waals surface area contributed by atoms with Gasteiger partial charge in [0.15, 0.2) is 11.5 Å². The molecule has 3 aromatic rings. The summed E-state index contributed by atoms with van der Waals surface area (Å²) >= 11 is 0. The Kier molecular flexibility index (Phi) is 8.24. The van der Waals surface area contributed by atoms with Gasteiger partial charge in [-0.1, -0.05) is 30.3 Å². The van der Waals surface area contributed by atoms with Gasteiger partial charge in [-0.05, 0) is 61.4 Å². The Morgan fingerprint density at radius 3 is 2.14 bits per heavy atom. The smallest absolute Gasteiger partial charge is 0.268 e. The van der Waals surface area contributed by atoms with Gasteiger partial charge in [-0.3, -0.25) is 9.10 Å². The molecule has 3 aromatic carbocycles. The van der Waals surface area contributed by atoms with Crippen LogP contribution in [-0.2, 0) is 14.8 Å². The van der Waals surface area contributed by atoms with Crippen molar-refractivity contribution in [3.63, 3.8) is 0 Å². The molecular weight excluding hydrogens is 468 g/mol. The Balaban J connectivity index is 1.91. The fourth-order valence-electron chi connectivity index (χ4n) is 3.64. The van der Waals surface area contributed by atoms with Crippen molar-refractivity contribution >= 4 is 21.6 Å². The zero-order valence-corrected chi connectivity index (χ0v) is 21.3. The summed E-state index contributed by atoms with van der Waals surface area (Å²) in [6, 6.07) is 18.3. The fraction of sp³-hybridized carbons (Fsp3) is 0.269. The molecule has 0 aliphatic rings. The van der Waals surface area contributed by atoms with Gasteiger partial charge in [0.1, 0.15) is 17.2 Å². The Morgan fingerprint density at radius 1 is 0.886 bits per heavy atom. The normalized spacial score (nSPS) is 11.9. The first-order valence-electron chi connectivity index (χ1n) is 10.9. The molecule has 1 N–H and O–H groups in total. The second-order valence-corrected chi connectivity index (χ2v) is 9.74. The topological polar surface area (TPSA) is 94.2 Å². The van der Waals surface area contributed by atoms with E-state index in [9.17, 15) is 13.2 Å². The number of benzene rings is 3. The molecule has 0 radical (unpaired) electrons. The summed E-state index contributed by atoms with van der Waals surface area (Å²) in [7, 11) is 0.368. The maximum atomic E-state index is 13.7. The molecule has 0 bridgehead atoms. The molecule has 186 valence electrons. The molecule has 35 heavy (non-hydrogen) atoms. The largest absolute Gasteiger partial charge is 0.495 e. The lowest BCUT2D eigenvalue weighted by atomic mass is 10.1. The molecule has 1 atom stereocenters. The summed E-state index contributed by atoms with van der Waals surface area (Å²) < 4.78 is 44.5. The molecule has 0 aliphatic heterocycles. The van der Waals surface area contributed by atoms with E-state index in [4.69, 9.17) is 14.2 Å². The summed E-state index contributed by atoms with van der Waals surface area (Å²) in [5.41, 5.74) is 1.90. The zero-order valence-electron chi connectivity index (χ0n) is 20.4. The number of carbonyl (C=O) groups is 1. The van der Waals surface area contributed by atoms with Gasteiger partial charge in [-0.15, -0.1) is 0 Å². The van der Waals surface area contributed by atoms with Crippen LogP contribution < -0.4 is 23.8 Å². The predicted octanol–water partition coefficient (Wildman–Crippen LogP) is 4.09. The molecule has 9 heteroatoms. The molecule has 8 nitrogen and oxygen atoms in total. The minimum Gasteiger partial charge on any atom is -0.495 e. The fourth-order valence-corrected chi connectivity index (χ4v) is 5.30. The van der Waals surface area contributed by atoms with E-state index < -0.39 is 28.5 Å². The summed E-state index contributed by atoms with van der Waals surface area (Å²) in [4.78, 5) is 13.1. The Bertz CT molecular complexity index is 1280. The van der Waals surface area contributed by atoms with E-state index in [0.717, 1.165) is 15.4 Å². The predicted molar refractivity (Wildman–Crippen MR) is 135 cm³/mol. The monoisotopic (exact) mass is 498 g/mol. The SMILES string of the molecule is COc1ccc(C(C)NC(=O)CN(c2ccccc2)S(=O)(=O)c2cc(C)ccc2OC)cc1OC. The third-order valence-electron chi connectivity index (χ3n) is 5.50. The first-order chi connectivity index (χ1) is 16.7. The van der Waals surface area contributed by atoms with E-state index in [1.54, 1.807) is 68.6 Å². The average molecular weight is 499 g/mol. The van der Waals surface area contributed by atoms with E-state index >= 15 is 0 Å². The molecule has 3 rings (SSSR count). The van der Waals surface area contributed by atoms with Crippen LogP contribution in [0.4, 0.5) is 5.69 Å². The number of amides is 1. The molecule has 0 saturated heterocycles.